The Bertz CT molecular complexity index is 228. The molecule has 0 aromatic heterocycles. The molecule has 1 aromatic carbocycles. The van der Waals surface area contributed by atoms with Gasteiger partial charge in [0.2, 0.25) is 0 Å². The van der Waals surface area contributed by atoms with Crippen LogP contribution >= 0.6 is 0 Å². The molecule has 1 rings (SSSR count). The maximum Gasteiger partial charge on any atom is 0.0230 e. The zero-order valence-electron chi connectivity index (χ0n) is 9.46. The van der Waals surface area contributed by atoms with Crippen LogP contribution < -0.4 is 0 Å². The fourth-order valence-corrected chi connectivity index (χ4v) is 1.13. The predicted octanol–water partition coefficient (Wildman–Crippen LogP) is 3.08. The molecular weight excluding hydrogens is 158 g/mol. The molecule has 0 atom stereocenters. The second-order valence-corrected chi connectivity index (χ2v) is 3.16. The molecule has 0 N–H and O–H groups in total. The van der Waals surface area contributed by atoms with Crippen LogP contribution in [0.3, 0.4) is 0 Å². The monoisotopic (exact) mass is 179 g/mol. The van der Waals surface area contributed by atoms with Gasteiger partial charge < -0.3 is 4.90 Å². The van der Waals surface area contributed by atoms with Gasteiger partial charge in [0, 0.05) is 6.54 Å². The van der Waals surface area contributed by atoms with Crippen LogP contribution in [0.15, 0.2) is 24.3 Å². The number of hydrogen-bond donors (Lipinski definition) is 0. The topological polar surface area (TPSA) is 3.24 Å². The first-order valence-corrected chi connectivity index (χ1v) is 4.89. The zero-order chi connectivity index (χ0) is 10.3. The standard InChI is InChI=1S/C10H15N.C2H6/c1-9-6-4-5-7-10(9)8-11(2)3;1-2/h4-7H,8H2,1-3H3;1-2H3. The van der Waals surface area contributed by atoms with E-state index < -0.39 is 0 Å². The summed E-state index contributed by atoms with van der Waals surface area (Å²) in [6, 6.07) is 8.49. The van der Waals surface area contributed by atoms with Gasteiger partial charge in [-0.3, -0.25) is 0 Å². The normalized spacial score (nSPS) is 9.38. The van der Waals surface area contributed by atoms with E-state index in [0.29, 0.717) is 0 Å². The second kappa shape index (κ2) is 6.67. The molecule has 0 saturated carbocycles. The first-order valence-electron chi connectivity index (χ1n) is 4.89. The van der Waals surface area contributed by atoms with E-state index >= 15 is 0 Å². The molecule has 0 amide bonds. The van der Waals surface area contributed by atoms with Gasteiger partial charge in [0.05, 0.1) is 0 Å². The van der Waals surface area contributed by atoms with Crippen molar-refractivity contribution in [3.8, 4) is 0 Å². The number of rotatable bonds is 2. The summed E-state index contributed by atoms with van der Waals surface area (Å²) in [5, 5.41) is 0. The van der Waals surface area contributed by atoms with Gasteiger partial charge >= 0.3 is 0 Å². The van der Waals surface area contributed by atoms with Crippen LogP contribution in [-0.2, 0) is 6.54 Å². The molecule has 1 nitrogen and oxygen atoms in total. The summed E-state index contributed by atoms with van der Waals surface area (Å²) in [6.45, 7) is 7.19. The van der Waals surface area contributed by atoms with Crippen molar-refractivity contribution in [3.05, 3.63) is 35.4 Å². The Morgan fingerprint density at radius 3 is 2.08 bits per heavy atom. The van der Waals surface area contributed by atoms with E-state index in [1.807, 2.05) is 13.8 Å². The molecular formula is C12H21N. The van der Waals surface area contributed by atoms with Crippen molar-refractivity contribution < 1.29 is 0 Å². The van der Waals surface area contributed by atoms with E-state index in [2.05, 4.69) is 50.2 Å². The van der Waals surface area contributed by atoms with Crippen molar-refractivity contribution in [2.45, 2.75) is 27.3 Å². The third-order valence-corrected chi connectivity index (χ3v) is 1.75. The highest BCUT2D eigenvalue weighted by Crippen LogP contribution is 2.07. The number of benzene rings is 1. The van der Waals surface area contributed by atoms with Gasteiger partial charge in [0.15, 0.2) is 0 Å². The average molecular weight is 179 g/mol. The maximum atomic E-state index is 2.18. The van der Waals surface area contributed by atoms with E-state index in [1.54, 1.807) is 0 Å². The molecule has 0 heterocycles. The lowest BCUT2D eigenvalue weighted by atomic mass is 10.1. The van der Waals surface area contributed by atoms with Crippen molar-refractivity contribution in [2.24, 2.45) is 0 Å². The first-order chi connectivity index (χ1) is 6.20. The Morgan fingerprint density at radius 1 is 1.08 bits per heavy atom. The predicted molar refractivity (Wildman–Crippen MR) is 59.9 cm³/mol. The Labute approximate surface area is 82.4 Å². The quantitative estimate of drug-likeness (QED) is 0.674. The fraction of sp³-hybridized carbons (Fsp3) is 0.500. The number of aryl methyl sites for hydroxylation is 1. The Hall–Kier alpha value is -0.820. The summed E-state index contributed by atoms with van der Waals surface area (Å²) in [5.41, 5.74) is 2.79. The van der Waals surface area contributed by atoms with Gasteiger partial charge in [-0.25, -0.2) is 0 Å². The van der Waals surface area contributed by atoms with Crippen LogP contribution in [0.5, 0.6) is 0 Å². The summed E-state index contributed by atoms with van der Waals surface area (Å²) in [6.07, 6.45) is 0. The van der Waals surface area contributed by atoms with Gasteiger partial charge in [0.25, 0.3) is 0 Å². The molecule has 0 aliphatic heterocycles. The molecule has 0 radical (unpaired) electrons. The van der Waals surface area contributed by atoms with Gasteiger partial charge in [-0.2, -0.15) is 0 Å². The third-order valence-electron chi connectivity index (χ3n) is 1.75. The molecule has 0 unspecified atom stereocenters. The lowest BCUT2D eigenvalue weighted by Crippen LogP contribution is -2.11. The molecule has 0 saturated heterocycles. The SMILES string of the molecule is CC.Cc1ccccc1CN(C)C. The van der Waals surface area contributed by atoms with E-state index in [0.717, 1.165) is 6.54 Å². The minimum atomic E-state index is 1.03. The molecule has 0 spiro atoms. The van der Waals surface area contributed by atoms with E-state index in [4.69, 9.17) is 0 Å². The molecule has 0 aliphatic rings. The molecule has 0 bridgehead atoms. The van der Waals surface area contributed by atoms with Crippen molar-refractivity contribution in [2.75, 3.05) is 14.1 Å². The second-order valence-electron chi connectivity index (χ2n) is 3.16. The summed E-state index contributed by atoms with van der Waals surface area (Å²) >= 11 is 0. The van der Waals surface area contributed by atoms with Gasteiger partial charge in [-0.1, -0.05) is 38.1 Å². The molecule has 1 heteroatoms. The highest BCUT2D eigenvalue weighted by molar-refractivity contribution is 5.25. The van der Waals surface area contributed by atoms with E-state index in [1.165, 1.54) is 11.1 Å². The maximum absolute atomic E-state index is 2.18. The summed E-state index contributed by atoms with van der Waals surface area (Å²) in [5.74, 6) is 0. The largest absolute Gasteiger partial charge is 0.305 e. The van der Waals surface area contributed by atoms with Gasteiger partial charge in [0.1, 0.15) is 0 Å². The van der Waals surface area contributed by atoms with Crippen LogP contribution in [0.25, 0.3) is 0 Å². The minimum absolute atomic E-state index is 1.03. The lowest BCUT2D eigenvalue weighted by Gasteiger charge is -2.11. The minimum Gasteiger partial charge on any atom is -0.305 e. The summed E-state index contributed by atoms with van der Waals surface area (Å²) in [4.78, 5) is 2.18. The smallest absolute Gasteiger partial charge is 0.0230 e. The van der Waals surface area contributed by atoms with Crippen molar-refractivity contribution in [3.63, 3.8) is 0 Å². The summed E-state index contributed by atoms with van der Waals surface area (Å²) in [7, 11) is 4.18. The van der Waals surface area contributed by atoms with Crippen LogP contribution in [0, 0.1) is 6.92 Å². The molecule has 13 heavy (non-hydrogen) atoms. The lowest BCUT2D eigenvalue weighted by molar-refractivity contribution is 0.401. The van der Waals surface area contributed by atoms with Crippen molar-refractivity contribution in [1.29, 1.82) is 0 Å². The third kappa shape index (κ3) is 4.69. The van der Waals surface area contributed by atoms with Crippen molar-refractivity contribution >= 4 is 0 Å². The van der Waals surface area contributed by atoms with Crippen LogP contribution in [0.4, 0.5) is 0 Å². The van der Waals surface area contributed by atoms with Gasteiger partial charge in [-0.05, 0) is 32.1 Å². The molecule has 0 fully saturated rings. The molecule has 1 aromatic rings. The van der Waals surface area contributed by atoms with E-state index in [9.17, 15) is 0 Å². The van der Waals surface area contributed by atoms with Crippen molar-refractivity contribution in [1.82, 2.24) is 4.90 Å². The highest BCUT2D eigenvalue weighted by Gasteiger charge is 1.96. The molecule has 0 aliphatic carbocycles. The number of hydrogen-bond acceptors (Lipinski definition) is 1. The fourth-order valence-electron chi connectivity index (χ4n) is 1.13. The van der Waals surface area contributed by atoms with Crippen LogP contribution in [0.2, 0.25) is 0 Å². The summed E-state index contributed by atoms with van der Waals surface area (Å²) < 4.78 is 0. The van der Waals surface area contributed by atoms with Gasteiger partial charge in [-0.15, -0.1) is 0 Å². The van der Waals surface area contributed by atoms with E-state index in [-0.39, 0.29) is 0 Å². The Morgan fingerprint density at radius 2 is 1.62 bits per heavy atom. The van der Waals surface area contributed by atoms with Crippen LogP contribution in [0.1, 0.15) is 25.0 Å². The Balaban J connectivity index is 0.000000671. The first kappa shape index (κ1) is 12.2. The molecule has 74 valence electrons. The highest BCUT2D eigenvalue weighted by atomic mass is 15.0. The zero-order valence-corrected chi connectivity index (χ0v) is 9.46. The van der Waals surface area contributed by atoms with Crippen LogP contribution in [-0.4, -0.2) is 19.0 Å². The number of nitrogens with zero attached hydrogens (tertiary/aromatic N) is 1. The average Bonchev–Trinajstić information content (AvgIpc) is 2.12. The Kier molecular flexibility index (Phi) is 6.25.